The van der Waals surface area contributed by atoms with Crippen molar-refractivity contribution in [1.82, 2.24) is 9.78 Å². The van der Waals surface area contributed by atoms with E-state index in [2.05, 4.69) is 5.10 Å². The summed E-state index contributed by atoms with van der Waals surface area (Å²) in [5.74, 6) is -2.12. The number of aromatic nitrogens is 2. The van der Waals surface area contributed by atoms with E-state index >= 15 is 0 Å². The van der Waals surface area contributed by atoms with Crippen LogP contribution in [0.25, 0.3) is 22.3 Å². The van der Waals surface area contributed by atoms with Gasteiger partial charge < -0.3 is 10.2 Å². The zero-order valence-electron chi connectivity index (χ0n) is 14.0. The molecule has 0 spiro atoms. The summed E-state index contributed by atoms with van der Waals surface area (Å²) < 4.78 is 56.9. The summed E-state index contributed by atoms with van der Waals surface area (Å²) in [7, 11) is 0. The van der Waals surface area contributed by atoms with Gasteiger partial charge in [-0.2, -0.15) is 18.3 Å². The molecular formula is C19H12F4N2O3. The number of rotatable bonds is 3. The number of alkyl halides is 3. The number of aliphatic hydroxyl groups is 1. The molecule has 0 fully saturated rings. The second kappa shape index (κ2) is 5.90. The fraction of sp³-hybridized carbons (Fsp3) is 0.158. The first-order valence-electron chi connectivity index (χ1n) is 8.10. The first-order valence-corrected chi connectivity index (χ1v) is 8.10. The molecule has 1 heterocycles. The smallest absolute Gasteiger partial charge is 0.425 e. The molecule has 0 aliphatic heterocycles. The number of hydrogen-bond acceptors (Lipinski definition) is 3. The van der Waals surface area contributed by atoms with Crippen molar-refractivity contribution in [3.05, 3.63) is 65.7 Å². The largest absolute Gasteiger partial charge is 0.480 e. The van der Waals surface area contributed by atoms with Crippen molar-refractivity contribution in [2.45, 2.75) is 18.3 Å². The van der Waals surface area contributed by atoms with Crippen LogP contribution in [0.15, 0.2) is 48.8 Å². The van der Waals surface area contributed by atoms with Crippen molar-refractivity contribution in [3.63, 3.8) is 0 Å². The molecule has 0 saturated carbocycles. The number of benzene rings is 2. The topological polar surface area (TPSA) is 75.3 Å². The highest BCUT2D eigenvalue weighted by Gasteiger charge is 2.61. The van der Waals surface area contributed by atoms with E-state index in [4.69, 9.17) is 5.11 Å². The lowest BCUT2D eigenvalue weighted by atomic mass is 9.89. The van der Waals surface area contributed by atoms with Crippen LogP contribution >= 0.6 is 0 Å². The molecule has 1 atom stereocenters. The summed E-state index contributed by atoms with van der Waals surface area (Å²) in [6.07, 6.45) is -2.53. The van der Waals surface area contributed by atoms with Gasteiger partial charge in [-0.05, 0) is 28.8 Å². The van der Waals surface area contributed by atoms with E-state index in [-0.39, 0.29) is 27.8 Å². The van der Waals surface area contributed by atoms with Crippen LogP contribution in [0.4, 0.5) is 17.6 Å². The Labute approximate surface area is 155 Å². The molecule has 1 aliphatic carbocycles. The summed E-state index contributed by atoms with van der Waals surface area (Å²) in [6.45, 7) is -0.458. The highest BCUT2D eigenvalue weighted by Crippen LogP contribution is 2.57. The van der Waals surface area contributed by atoms with Gasteiger partial charge in [-0.25, -0.2) is 4.39 Å². The monoisotopic (exact) mass is 392 g/mol. The highest BCUT2D eigenvalue weighted by molar-refractivity contribution is 5.92. The molecule has 9 heteroatoms. The number of carboxylic acids is 1. The second-order valence-corrected chi connectivity index (χ2v) is 6.45. The molecule has 0 bridgehead atoms. The minimum atomic E-state index is -5.08. The molecule has 1 aromatic heterocycles. The number of carbonyl (C=O) groups is 1. The maximum Gasteiger partial charge on any atom is 0.425 e. The molecule has 0 saturated heterocycles. The number of hydrogen-bond donors (Lipinski definition) is 2. The molecule has 144 valence electrons. The third-order valence-corrected chi connectivity index (χ3v) is 4.73. The van der Waals surface area contributed by atoms with Gasteiger partial charge in [-0.3, -0.25) is 9.48 Å². The van der Waals surface area contributed by atoms with Gasteiger partial charge in [0.15, 0.2) is 0 Å². The third-order valence-electron chi connectivity index (χ3n) is 4.73. The molecule has 2 aromatic carbocycles. The Kier molecular flexibility index (Phi) is 3.83. The fourth-order valence-corrected chi connectivity index (χ4v) is 3.60. The molecular weight excluding hydrogens is 380 g/mol. The predicted molar refractivity (Wildman–Crippen MR) is 89.7 cm³/mol. The van der Waals surface area contributed by atoms with Crippen LogP contribution in [-0.2, 0) is 16.9 Å². The molecule has 1 aliphatic rings. The van der Waals surface area contributed by atoms with Gasteiger partial charge in [0.05, 0.1) is 6.20 Å². The standard InChI is InChI=1S/C19H12F4N2O3/c20-11-5-13(10-7-24-25(8-10)9-16(26)27)17-12-3-1-2-4-14(12)18(28,15(17)6-11)19(21,22)23/h1-8,28H,9H2,(H,26,27). The first kappa shape index (κ1) is 18.2. The van der Waals surface area contributed by atoms with Gasteiger partial charge in [0.2, 0.25) is 5.60 Å². The Hall–Kier alpha value is -3.20. The van der Waals surface area contributed by atoms with Gasteiger partial charge in [-0.1, -0.05) is 24.3 Å². The predicted octanol–water partition coefficient (Wildman–Crippen LogP) is 3.55. The van der Waals surface area contributed by atoms with E-state index in [0.29, 0.717) is 6.07 Å². The minimum Gasteiger partial charge on any atom is -0.480 e. The van der Waals surface area contributed by atoms with Crippen LogP contribution in [0, 0.1) is 5.82 Å². The van der Waals surface area contributed by atoms with Crippen LogP contribution in [0.2, 0.25) is 0 Å². The molecule has 4 rings (SSSR count). The van der Waals surface area contributed by atoms with Crippen LogP contribution in [0.3, 0.4) is 0 Å². The Morgan fingerprint density at radius 2 is 1.86 bits per heavy atom. The van der Waals surface area contributed by atoms with E-state index in [9.17, 15) is 27.5 Å². The van der Waals surface area contributed by atoms with Crippen molar-refractivity contribution in [1.29, 1.82) is 0 Å². The molecule has 0 radical (unpaired) electrons. The third kappa shape index (κ3) is 2.50. The SMILES string of the molecule is O=C(O)Cn1cc(-c2cc(F)cc3c2-c2ccccc2C3(O)C(F)(F)F)cn1. The van der Waals surface area contributed by atoms with Crippen LogP contribution in [0.5, 0.6) is 0 Å². The molecule has 28 heavy (non-hydrogen) atoms. The zero-order valence-corrected chi connectivity index (χ0v) is 14.0. The van der Waals surface area contributed by atoms with E-state index < -0.39 is 35.7 Å². The van der Waals surface area contributed by atoms with Crippen molar-refractivity contribution >= 4 is 5.97 Å². The summed E-state index contributed by atoms with van der Waals surface area (Å²) >= 11 is 0. The van der Waals surface area contributed by atoms with Crippen molar-refractivity contribution in [3.8, 4) is 22.3 Å². The van der Waals surface area contributed by atoms with Gasteiger partial charge in [0.25, 0.3) is 0 Å². The van der Waals surface area contributed by atoms with Gasteiger partial charge >= 0.3 is 12.1 Å². The number of nitrogens with zero attached hydrogens (tertiary/aromatic N) is 2. The first-order chi connectivity index (χ1) is 13.1. The maximum absolute atomic E-state index is 14.3. The summed E-state index contributed by atoms with van der Waals surface area (Å²) in [5, 5.41) is 23.4. The van der Waals surface area contributed by atoms with E-state index in [1.807, 2.05) is 0 Å². The zero-order chi connectivity index (χ0) is 20.3. The van der Waals surface area contributed by atoms with Gasteiger partial charge in [-0.15, -0.1) is 0 Å². The Morgan fingerprint density at radius 1 is 1.14 bits per heavy atom. The highest BCUT2D eigenvalue weighted by atomic mass is 19.4. The van der Waals surface area contributed by atoms with Crippen molar-refractivity contribution < 1.29 is 32.6 Å². The minimum absolute atomic E-state index is 0.0340. The number of aliphatic carboxylic acids is 1. The van der Waals surface area contributed by atoms with Gasteiger partial charge in [0, 0.05) is 22.9 Å². The number of fused-ring (bicyclic) bond motifs is 3. The van der Waals surface area contributed by atoms with Crippen molar-refractivity contribution in [2.75, 3.05) is 0 Å². The molecule has 0 amide bonds. The lowest BCUT2D eigenvalue weighted by Gasteiger charge is -2.28. The van der Waals surface area contributed by atoms with Crippen LogP contribution in [0.1, 0.15) is 11.1 Å². The molecule has 1 unspecified atom stereocenters. The average molecular weight is 392 g/mol. The van der Waals surface area contributed by atoms with E-state index in [1.54, 1.807) is 0 Å². The summed E-state index contributed by atoms with van der Waals surface area (Å²) in [6, 6.07) is 7.17. The Bertz CT molecular complexity index is 1110. The second-order valence-electron chi connectivity index (χ2n) is 6.45. The maximum atomic E-state index is 14.3. The summed E-state index contributed by atoms with van der Waals surface area (Å²) in [4.78, 5) is 10.8. The fourth-order valence-electron chi connectivity index (χ4n) is 3.60. The lowest BCUT2D eigenvalue weighted by molar-refractivity contribution is -0.246. The van der Waals surface area contributed by atoms with Gasteiger partial charge in [0.1, 0.15) is 12.4 Å². The molecule has 3 aromatic rings. The number of halogens is 4. The summed E-state index contributed by atoms with van der Waals surface area (Å²) in [5.41, 5.74) is -3.88. The normalized spacial score (nSPS) is 18.0. The average Bonchev–Trinajstić information content (AvgIpc) is 3.16. The number of carboxylic acid groups (broad SMARTS) is 1. The van der Waals surface area contributed by atoms with Crippen LogP contribution < -0.4 is 0 Å². The van der Waals surface area contributed by atoms with E-state index in [0.717, 1.165) is 16.8 Å². The Morgan fingerprint density at radius 3 is 2.54 bits per heavy atom. The van der Waals surface area contributed by atoms with Crippen molar-refractivity contribution in [2.24, 2.45) is 0 Å². The molecule has 2 N–H and O–H groups in total. The lowest BCUT2D eigenvalue weighted by Crippen LogP contribution is -2.41. The Balaban J connectivity index is 2.01. The quantitative estimate of drug-likeness (QED) is 0.669. The van der Waals surface area contributed by atoms with E-state index in [1.165, 1.54) is 30.6 Å². The molecule has 5 nitrogen and oxygen atoms in total. The van der Waals surface area contributed by atoms with Crippen LogP contribution in [-0.4, -0.2) is 32.1 Å².